The number of rotatable bonds is 3. The molecule has 1 heterocycles. The second kappa shape index (κ2) is 3.73. The predicted octanol–water partition coefficient (Wildman–Crippen LogP) is -1.33. The molecule has 0 radical (unpaired) electrons. The number of urea groups is 1. The Labute approximate surface area is 71.7 Å². The number of carbonyl (C=O) groups is 1. The van der Waals surface area contributed by atoms with Gasteiger partial charge in [-0.3, -0.25) is 0 Å². The van der Waals surface area contributed by atoms with Crippen molar-refractivity contribution in [3.8, 4) is 0 Å². The van der Waals surface area contributed by atoms with Crippen molar-refractivity contribution >= 4 is 6.03 Å². The van der Waals surface area contributed by atoms with Gasteiger partial charge in [-0.25, -0.2) is 4.79 Å². The molecule has 0 aromatic rings. The first-order valence-electron chi connectivity index (χ1n) is 4.01. The van der Waals surface area contributed by atoms with E-state index in [0.717, 1.165) is 6.54 Å². The zero-order valence-electron chi connectivity index (χ0n) is 7.23. The smallest absolute Gasteiger partial charge is 0.319 e. The maximum Gasteiger partial charge on any atom is 0.319 e. The highest BCUT2D eigenvalue weighted by molar-refractivity contribution is 5.76. The van der Waals surface area contributed by atoms with Gasteiger partial charge in [0.15, 0.2) is 0 Å². The molecule has 1 aliphatic rings. The summed E-state index contributed by atoms with van der Waals surface area (Å²) in [7, 11) is 1.76. The molecule has 1 saturated heterocycles. The van der Waals surface area contributed by atoms with E-state index in [1.807, 2.05) is 0 Å². The van der Waals surface area contributed by atoms with Crippen LogP contribution in [0.1, 0.15) is 0 Å². The van der Waals surface area contributed by atoms with Crippen LogP contribution in [0.2, 0.25) is 0 Å². The van der Waals surface area contributed by atoms with Crippen molar-refractivity contribution in [2.45, 2.75) is 6.04 Å². The summed E-state index contributed by atoms with van der Waals surface area (Å²) < 4.78 is 0. The topological polar surface area (TPSA) is 69.8 Å². The SMILES string of the molecule is CN1CCN(CC(N)CO)C1=O. The molecule has 1 atom stereocenters. The molecule has 0 aromatic carbocycles. The van der Waals surface area contributed by atoms with Gasteiger partial charge in [0.1, 0.15) is 0 Å². The van der Waals surface area contributed by atoms with Gasteiger partial charge in [-0.05, 0) is 0 Å². The number of hydrogen-bond acceptors (Lipinski definition) is 3. The maximum absolute atomic E-state index is 11.3. The standard InChI is InChI=1S/C7H15N3O2/c1-9-2-3-10(7(9)12)4-6(8)5-11/h6,11H,2-5,8H2,1H3. The molecule has 5 heteroatoms. The van der Waals surface area contributed by atoms with Crippen LogP contribution in [0.4, 0.5) is 4.79 Å². The summed E-state index contributed by atoms with van der Waals surface area (Å²) in [5.74, 6) is 0. The molecule has 1 unspecified atom stereocenters. The number of aliphatic hydroxyl groups is 1. The maximum atomic E-state index is 11.3. The van der Waals surface area contributed by atoms with Crippen LogP contribution in [0.5, 0.6) is 0 Å². The molecule has 70 valence electrons. The number of carbonyl (C=O) groups excluding carboxylic acids is 1. The van der Waals surface area contributed by atoms with Crippen molar-refractivity contribution in [2.24, 2.45) is 5.73 Å². The lowest BCUT2D eigenvalue weighted by atomic mass is 10.3. The van der Waals surface area contributed by atoms with Gasteiger partial charge < -0.3 is 20.6 Å². The third-order valence-electron chi connectivity index (χ3n) is 1.99. The molecular weight excluding hydrogens is 158 g/mol. The van der Waals surface area contributed by atoms with Gasteiger partial charge in [0.2, 0.25) is 0 Å². The first-order chi connectivity index (χ1) is 5.65. The van der Waals surface area contributed by atoms with Crippen molar-refractivity contribution in [3.63, 3.8) is 0 Å². The summed E-state index contributed by atoms with van der Waals surface area (Å²) in [5, 5.41) is 8.67. The predicted molar refractivity (Wildman–Crippen MR) is 44.7 cm³/mol. The van der Waals surface area contributed by atoms with Crippen molar-refractivity contribution in [2.75, 3.05) is 33.3 Å². The van der Waals surface area contributed by atoms with E-state index in [2.05, 4.69) is 0 Å². The zero-order chi connectivity index (χ0) is 9.14. The van der Waals surface area contributed by atoms with Crippen LogP contribution in [0.15, 0.2) is 0 Å². The summed E-state index contributed by atoms with van der Waals surface area (Å²) in [4.78, 5) is 14.6. The molecule has 0 aliphatic carbocycles. The highest BCUT2D eigenvalue weighted by atomic mass is 16.3. The fraction of sp³-hybridized carbons (Fsp3) is 0.857. The minimum Gasteiger partial charge on any atom is -0.395 e. The van der Waals surface area contributed by atoms with Crippen molar-refractivity contribution in [3.05, 3.63) is 0 Å². The first-order valence-corrected chi connectivity index (χ1v) is 4.01. The first kappa shape index (κ1) is 9.28. The van der Waals surface area contributed by atoms with Gasteiger partial charge in [0.05, 0.1) is 6.61 Å². The van der Waals surface area contributed by atoms with Gasteiger partial charge in [-0.15, -0.1) is 0 Å². The zero-order valence-corrected chi connectivity index (χ0v) is 7.23. The largest absolute Gasteiger partial charge is 0.395 e. The normalized spacial score (nSPS) is 20.4. The van der Waals surface area contributed by atoms with Crippen LogP contribution in [0.3, 0.4) is 0 Å². The number of nitrogens with zero attached hydrogens (tertiary/aromatic N) is 2. The highest BCUT2D eigenvalue weighted by Gasteiger charge is 2.25. The third kappa shape index (κ3) is 1.86. The van der Waals surface area contributed by atoms with Crippen LogP contribution in [0.25, 0.3) is 0 Å². The molecular formula is C7H15N3O2. The minimum absolute atomic E-state index is 0.00102. The summed E-state index contributed by atoms with van der Waals surface area (Å²) in [6, 6.07) is -0.320. The summed E-state index contributed by atoms with van der Waals surface area (Å²) in [6.07, 6.45) is 0. The minimum atomic E-state index is -0.319. The molecule has 1 aliphatic heterocycles. The van der Waals surface area contributed by atoms with Gasteiger partial charge in [0, 0.05) is 32.7 Å². The van der Waals surface area contributed by atoms with E-state index < -0.39 is 0 Å². The Bertz CT molecular complexity index is 174. The lowest BCUT2D eigenvalue weighted by Gasteiger charge is -2.18. The van der Waals surface area contributed by atoms with Crippen molar-refractivity contribution < 1.29 is 9.90 Å². The molecule has 1 rings (SSSR count). The second-order valence-corrected chi connectivity index (χ2v) is 3.09. The Hall–Kier alpha value is -0.810. The Morgan fingerprint density at radius 2 is 2.33 bits per heavy atom. The lowest BCUT2D eigenvalue weighted by Crippen LogP contribution is -2.41. The number of hydrogen-bond donors (Lipinski definition) is 2. The van der Waals surface area contributed by atoms with E-state index in [1.165, 1.54) is 0 Å². The lowest BCUT2D eigenvalue weighted by molar-refractivity contribution is 0.186. The average molecular weight is 173 g/mol. The average Bonchev–Trinajstić information content (AvgIpc) is 2.36. The molecule has 5 nitrogen and oxygen atoms in total. The number of aliphatic hydroxyl groups excluding tert-OH is 1. The number of amides is 2. The monoisotopic (exact) mass is 173 g/mol. The van der Waals surface area contributed by atoms with Crippen molar-refractivity contribution in [1.29, 1.82) is 0 Å². The summed E-state index contributed by atoms with van der Waals surface area (Å²) in [6.45, 7) is 1.83. The number of likely N-dealkylation sites (N-methyl/N-ethyl adjacent to an activating group) is 1. The molecule has 2 amide bonds. The quantitative estimate of drug-likeness (QED) is 0.555. The van der Waals surface area contributed by atoms with Gasteiger partial charge in [0.25, 0.3) is 0 Å². The van der Waals surface area contributed by atoms with E-state index in [9.17, 15) is 4.79 Å². The van der Waals surface area contributed by atoms with Crippen LogP contribution in [0, 0.1) is 0 Å². The Morgan fingerprint density at radius 3 is 2.75 bits per heavy atom. The fourth-order valence-corrected chi connectivity index (χ4v) is 1.21. The van der Waals surface area contributed by atoms with E-state index in [4.69, 9.17) is 10.8 Å². The van der Waals surface area contributed by atoms with E-state index in [0.29, 0.717) is 13.1 Å². The van der Waals surface area contributed by atoms with Gasteiger partial charge >= 0.3 is 6.03 Å². The number of nitrogens with two attached hydrogens (primary N) is 1. The molecule has 0 bridgehead atoms. The molecule has 0 aromatic heterocycles. The van der Waals surface area contributed by atoms with Gasteiger partial charge in [-0.1, -0.05) is 0 Å². The molecule has 3 N–H and O–H groups in total. The molecule has 0 spiro atoms. The Balaban J connectivity index is 2.39. The highest BCUT2D eigenvalue weighted by Crippen LogP contribution is 2.05. The molecule has 12 heavy (non-hydrogen) atoms. The van der Waals surface area contributed by atoms with Crippen molar-refractivity contribution in [1.82, 2.24) is 9.80 Å². The van der Waals surface area contributed by atoms with Crippen LogP contribution in [-0.4, -0.2) is 60.3 Å². The molecule has 0 saturated carbocycles. The second-order valence-electron chi connectivity index (χ2n) is 3.09. The Kier molecular flexibility index (Phi) is 2.88. The molecule has 1 fully saturated rings. The third-order valence-corrected chi connectivity index (χ3v) is 1.99. The van der Waals surface area contributed by atoms with Crippen LogP contribution < -0.4 is 5.73 Å². The van der Waals surface area contributed by atoms with Gasteiger partial charge in [-0.2, -0.15) is 0 Å². The summed E-state index contributed by atoms with van der Waals surface area (Å²) >= 11 is 0. The van der Waals surface area contributed by atoms with Crippen LogP contribution >= 0.6 is 0 Å². The summed E-state index contributed by atoms with van der Waals surface area (Å²) in [5.41, 5.74) is 5.50. The van der Waals surface area contributed by atoms with E-state index in [1.54, 1.807) is 16.8 Å². The Morgan fingerprint density at radius 1 is 1.67 bits per heavy atom. The van der Waals surface area contributed by atoms with Crippen LogP contribution in [-0.2, 0) is 0 Å². The fourth-order valence-electron chi connectivity index (χ4n) is 1.21. The van der Waals surface area contributed by atoms with E-state index >= 15 is 0 Å². The van der Waals surface area contributed by atoms with E-state index in [-0.39, 0.29) is 18.7 Å².